The van der Waals surface area contributed by atoms with Crippen molar-refractivity contribution in [2.75, 3.05) is 6.61 Å². The molecule has 14 heavy (non-hydrogen) atoms. The molecule has 0 bridgehead atoms. The number of rotatable bonds is 5. The number of carboxylic acids is 1. The highest BCUT2D eigenvalue weighted by Gasteiger charge is 2.21. The van der Waals surface area contributed by atoms with E-state index in [2.05, 4.69) is 0 Å². The van der Waals surface area contributed by atoms with Gasteiger partial charge in [-0.25, -0.2) is 4.79 Å². The molecule has 0 spiro atoms. The fourth-order valence-corrected chi connectivity index (χ4v) is 1.97. The summed E-state index contributed by atoms with van der Waals surface area (Å²) in [5.74, 6) is -0.0997. The van der Waals surface area contributed by atoms with E-state index < -0.39 is 5.97 Å². The lowest BCUT2D eigenvalue weighted by molar-refractivity contribution is 0.0702. The number of hydrogen-bond acceptors (Lipinski definition) is 3. The number of carboxylic acid groups (broad SMARTS) is 1. The van der Waals surface area contributed by atoms with E-state index in [1.807, 2.05) is 6.07 Å². The summed E-state index contributed by atoms with van der Waals surface area (Å²) in [7, 11) is 0. The van der Waals surface area contributed by atoms with E-state index in [9.17, 15) is 4.79 Å². The Balaban J connectivity index is 1.79. The van der Waals surface area contributed by atoms with Gasteiger partial charge < -0.3 is 9.84 Å². The van der Waals surface area contributed by atoms with E-state index in [1.165, 1.54) is 24.2 Å². The molecule has 1 saturated carbocycles. The highest BCUT2D eigenvalue weighted by Crippen LogP contribution is 2.29. The van der Waals surface area contributed by atoms with Gasteiger partial charge in [-0.2, -0.15) is 0 Å². The molecule has 1 aromatic rings. The molecule has 1 N–H and O–H groups in total. The molecule has 2 rings (SSSR count). The van der Waals surface area contributed by atoms with Crippen LogP contribution < -0.4 is 0 Å². The smallest absolute Gasteiger partial charge is 0.345 e. The summed E-state index contributed by atoms with van der Waals surface area (Å²) < 4.78 is 5.45. The lowest BCUT2D eigenvalue weighted by atomic mass is 10.4. The largest absolute Gasteiger partial charge is 0.477 e. The topological polar surface area (TPSA) is 46.5 Å². The third-order valence-corrected chi connectivity index (χ3v) is 3.21. The van der Waals surface area contributed by atoms with Crippen molar-refractivity contribution in [3.63, 3.8) is 0 Å². The van der Waals surface area contributed by atoms with Crippen LogP contribution in [0.1, 0.15) is 27.4 Å². The van der Waals surface area contributed by atoms with Crippen LogP contribution in [-0.2, 0) is 11.3 Å². The van der Waals surface area contributed by atoms with Gasteiger partial charge in [-0.05, 0) is 30.9 Å². The third kappa shape index (κ3) is 2.56. The van der Waals surface area contributed by atoms with Crippen molar-refractivity contribution in [3.05, 3.63) is 21.9 Å². The highest BCUT2D eigenvalue weighted by molar-refractivity contribution is 7.13. The van der Waals surface area contributed by atoms with Crippen molar-refractivity contribution in [2.45, 2.75) is 19.4 Å². The van der Waals surface area contributed by atoms with Gasteiger partial charge in [-0.1, -0.05) is 0 Å². The number of aromatic carboxylic acids is 1. The van der Waals surface area contributed by atoms with Crippen LogP contribution in [-0.4, -0.2) is 17.7 Å². The minimum atomic E-state index is -0.858. The SMILES string of the molecule is O=C(O)c1ccc(COCC2CC2)s1. The van der Waals surface area contributed by atoms with E-state index in [0.717, 1.165) is 17.4 Å². The predicted octanol–water partition coefficient (Wildman–Crippen LogP) is 2.37. The molecule has 0 atom stereocenters. The minimum absolute atomic E-state index is 0.384. The average Bonchev–Trinajstić information content (AvgIpc) is 2.82. The Bertz CT molecular complexity index is 328. The number of thiophene rings is 1. The number of ether oxygens (including phenoxy) is 1. The van der Waals surface area contributed by atoms with Gasteiger partial charge in [0, 0.05) is 11.5 Å². The molecule has 0 unspecified atom stereocenters. The summed E-state index contributed by atoms with van der Waals surface area (Å²) in [6.07, 6.45) is 2.57. The van der Waals surface area contributed by atoms with Crippen molar-refractivity contribution in [1.29, 1.82) is 0 Å². The molecule has 0 radical (unpaired) electrons. The van der Waals surface area contributed by atoms with Gasteiger partial charge >= 0.3 is 5.97 Å². The molecule has 3 nitrogen and oxygen atoms in total. The first-order valence-corrected chi connectivity index (χ1v) is 5.47. The zero-order valence-corrected chi connectivity index (χ0v) is 8.55. The van der Waals surface area contributed by atoms with E-state index in [-0.39, 0.29) is 0 Å². The maximum atomic E-state index is 10.6. The molecule has 0 saturated heterocycles. The third-order valence-electron chi connectivity index (χ3n) is 2.17. The Hall–Kier alpha value is -0.870. The maximum absolute atomic E-state index is 10.6. The fraction of sp³-hybridized carbons (Fsp3) is 0.500. The Morgan fingerprint density at radius 1 is 1.57 bits per heavy atom. The molecular formula is C10H12O3S. The van der Waals surface area contributed by atoms with Crippen molar-refractivity contribution < 1.29 is 14.6 Å². The molecule has 1 aliphatic carbocycles. The van der Waals surface area contributed by atoms with Crippen LogP contribution in [0.15, 0.2) is 12.1 Å². The lowest BCUT2D eigenvalue weighted by Crippen LogP contribution is -1.95. The summed E-state index contributed by atoms with van der Waals surface area (Å²) in [6.45, 7) is 1.37. The Labute approximate surface area is 86.3 Å². The van der Waals surface area contributed by atoms with E-state index >= 15 is 0 Å². The van der Waals surface area contributed by atoms with Gasteiger partial charge in [-0.3, -0.25) is 0 Å². The predicted molar refractivity (Wildman–Crippen MR) is 53.7 cm³/mol. The molecular weight excluding hydrogens is 200 g/mol. The highest BCUT2D eigenvalue weighted by atomic mass is 32.1. The van der Waals surface area contributed by atoms with Gasteiger partial charge in [0.15, 0.2) is 0 Å². The van der Waals surface area contributed by atoms with E-state index in [1.54, 1.807) is 6.07 Å². The average molecular weight is 212 g/mol. The quantitative estimate of drug-likeness (QED) is 0.815. The summed E-state index contributed by atoms with van der Waals surface area (Å²) in [5.41, 5.74) is 0. The molecule has 0 amide bonds. The molecule has 4 heteroatoms. The van der Waals surface area contributed by atoms with Crippen LogP contribution in [0, 0.1) is 5.92 Å². The van der Waals surface area contributed by atoms with Crippen LogP contribution in [0.3, 0.4) is 0 Å². The van der Waals surface area contributed by atoms with Crippen LogP contribution in [0.4, 0.5) is 0 Å². The first-order valence-electron chi connectivity index (χ1n) is 4.65. The second-order valence-corrected chi connectivity index (χ2v) is 4.70. The van der Waals surface area contributed by atoms with Crippen molar-refractivity contribution in [3.8, 4) is 0 Å². The summed E-state index contributed by atoms with van der Waals surface area (Å²) in [4.78, 5) is 11.9. The summed E-state index contributed by atoms with van der Waals surface area (Å²) >= 11 is 1.29. The molecule has 76 valence electrons. The van der Waals surface area contributed by atoms with Crippen LogP contribution in [0.25, 0.3) is 0 Å². The second kappa shape index (κ2) is 4.11. The zero-order valence-electron chi connectivity index (χ0n) is 7.73. The molecule has 0 aliphatic heterocycles. The van der Waals surface area contributed by atoms with Gasteiger partial charge in [0.05, 0.1) is 6.61 Å². The summed E-state index contributed by atoms with van der Waals surface area (Å²) in [5, 5.41) is 8.69. The minimum Gasteiger partial charge on any atom is -0.477 e. The zero-order chi connectivity index (χ0) is 9.97. The van der Waals surface area contributed by atoms with Gasteiger partial charge in [-0.15, -0.1) is 11.3 Å². The normalized spacial score (nSPS) is 15.7. The van der Waals surface area contributed by atoms with Crippen LogP contribution in [0.5, 0.6) is 0 Å². The monoisotopic (exact) mass is 212 g/mol. The van der Waals surface area contributed by atoms with Crippen LogP contribution >= 0.6 is 11.3 Å². The first kappa shape index (κ1) is 9.68. The summed E-state index contributed by atoms with van der Waals surface area (Å²) in [6, 6.07) is 3.45. The first-order chi connectivity index (χ1) is 6.75. The standard InChI is InChI=1S/C10H12O3S/c11-10(12)9-4-3-8(14-9)6-13-5-7-1-2-7/h3-4,7H,1-2,5-6H2,(H,11,12). The molecule has 1 heterocycles. The van der Waals surface area contributed by atoms with Gasteiger partial charge in [0.2, 0.25) is 0 Å². The Morgan fingerprint density at radius 2 is 2.36 bits per heavy atom. The van der Waals surface area contributed by atoms with Crippen molar-refractivity contribution in [2.24, 2.45) is 5.92 Å². The molecule has 1 fully saturated rings. The van der Waals surface area contributed by atoms with Gasteiger partial charge in [0.1, 0.15) is 4.88 Å². The van der Waals surface area contributed by atoms with Crippen LogP contribution in [0.2, 0.25) is 0 Å². The number of hydrogen-bond donors (Lipinski definition) is 1. The van der Waals surface area contributed by atoms with Gasteiger partial charge in [0.25, 0.3) is 0 Å². The fourth-order valence-electron chi connectivity index (χ4n) is 1.18. The van der Waals surface area contributed by atoms with E-state index in [0.29, 0.717) is 11.5 Å². The van der Waals surface area contributed by atoms with Crippen molar-refractivity contribution in [1.82, 2.24) is 0 Å². The van der Waals surface area contributed by atoms with Crippen molar-refractivity contribution >= 4 is 17.3 Å². The number of carbonyl (C=O) groups is 1. The Kier molecular flexibility index (Phi) is 2.84. The maximum Gasteiger partial charge on any atom is 0.345 e. The second-order valence-electron chi connectivity index (χ2n) is 3.53. The lowest BCUT2D eigenvalue weighted by Gasteiger charge is -1.99. The molecule has 0 aromatic carbocycles. The van der Waals surface area contributed by atoms with E-state index in [4.69, 9.17) is 9.84 Å². The molecule has 1 aromatic heterocycles. The Morgan fingerprint density at radius 3 is 2.93 bits per heavy atom. The molecule has 1 aliphatic rings.